The maximum absolute atomic E-state index is 12.1. The van der Waals surface area contributed by atoms with Crippen molar-refractivity contribution in [3.63, 3.8) is 0 Å². The Hall–Kier alpha value is -2.14. The Labute approximate surface area is 116 Å². The fraction of sp³-hybridized carbons (Fsp3) is 0.154. The van der Waals surface area contributed by atoms with Crippen molar-refractivity contribution in [1.82, 2.24) is 15.1 Å². The SMILES string of the molecule is CN(Cc1cccc(Cl)c1)C(=O)c1ccc(N)nn1. The van der Waals surface area contributed by atoms with Crippen LogP contribution < -0.4 is 5.73 Å². The Kier molecular flexibility index (Phi) is 3.97. The first-order chi connectivity index (χ1) is 9.06. The van der Waals surface area contributed by atoms with Gasteiger partial charge in [0.05, 0.1) is 0 Å². The van der Waals surface area contributed by atoms with Gasteiger partial charge < -0.3 is 10.6 Å². The molecule has 0 saturated carbocycles. The van der Waals surface area contributed by atoms with Crippen LogP contribution in [0.1, 0.15) is 16.1 Å². The highest BCUT2D eigenvalue weighted by Crippen LogP contribution is 2.13. The summed E-state index contributed by atoms with van der Waals surface area (Å²) in [5.74, 6) is 0.0709. The number of amides is 1. The molecule has 0 radical (unpaired) electrons. The fourth-order valence-electron chi connectivity index (χ4n) is 1.63. The lowest BCUT2D eigenvalue weighted by Crippen LogP contribution is -2.27. The molecule has 0 spiro atoms. The Morgan fingerprint density at radius 3 is 2.74 bits per heavy atom. The third-order valence-electron chi connectivity index (χ3n) is 2.56. The molecule has 0 saturated heterocycles. The van der Waals surface area contributed by atoms with Gasteiger partial charge >= 0.3 is 0 Å². The number of nitrogens with zero attached hydrogens (tertiary/aromatic N) is 3. The van der Waals surface area contributed by atoms with Gasteiger partial charge in [0, 0.05) is 18.6 Å². The molecule has 1 amide bonds. The number of rotatable bonds is 3. The Balaban J connectivity index is 2.09. The zero-order valence-corrected chi connectivity index (χ0v) is 11.1. The zero-order chi connectivity index (χ0) is 13.8. The van der Waals surface area contributed by atoms with E-state index in [1.165, 1.54) is 0 Å². The van der Waals surface area contributed by atoms with Crippen molar-refractivity contribution in [2.24, 2.45) is 0 Å². The Bertz CT molecular complexity index is 585. The fourth-order valence-corrected chi connectivity index (χ4v) is 1.85. The second-order valence-electron chi connectivity index (χ2n) is 4.13. The van der Waals surface area contributed by atoms with Gasteiger partial charge in [-0.15, -0.1) is 10.2 Å². The van der Waals surface area contributed by atoms with Crippen LogP contribution in [0.25, 0.3) is 0 Å². The topological polar surface area (TPSA) is 72.1 Å². The molecule has 2 rings (SSSR count). The molecule has 0 aliphatic heterocycles. The average Bonchev–Trinajstić information content (AvgIpc) is 2.39. The second kappa shape index (κ2) is 5.67. The van der Waals surface area contributed by atoms with Crippen LogP contribution in [0.3, 0.4) is 0 Å². The van der Waals surface area contributed by atoms with Gasteiger partial charge in [0.15, 0.2) is 5.69 Å². The first-order valence-electron chi connectivity index (χ1n) is 5.65. The lowest BCUT2D eigenvalue weighted by Gasteiger charge is -2.16. The van der Waals surface area contributed by atoms with E-state index in [9.17, 15) is 4.79 Å². The number of halogens is 1. The van der Waals surface area contributed by atoms with E-state index in [1.807, 2.05) is 18.2 Å². The molecular formula is C13H13ClN4O. The number of nitrogens with two attached hydrogens (primary N) is 1. The quantitative estimate of drug-likeness (QED) is 0.930. The largest absolute Gasteiger partial charge is 0.382 e. The lowest BCUT2D eigenvalue weighted by atomic mass is 10.2. The molecule has 1 heterocycles. The van der Waals surface area contributed by atoms with E-state index in [0.717, 1.165) is 5.56 Å². The van der Waals surface area contributed by atoms with E-state index in [2.05, 4.69) is 10.2 Å². The molecule has 0 atom stereocenters. The number of hydrogen-bond acceptors (Lipinski definition) is 4. The van der Waals surface area contributed by atoms with E-state index >= 15 is 0 Å². The monoisotopic (exact) mass is 276 g/mol. The van der Waals surface area contributed by atoms with Crippen molar-refractivity contribution in [3.8, 4) is 0 Å². The van der Waals surface area contributed by atoms with Crippen LogP contribution in [0.15, 0.2) is 36.4 Å². The molecule has 0 unspecified atom stereocenters. The normalized spacial score (nSPS) is 10.2. The van der Waals surface area contributed by atoms with Crippen LogP contribution >= 0.6 is 11.6 Å². The number of aromatic nitrogens is 2. The summed E-state index contributed by atoms with van der Waals surface area (Å²) in [5, 5.41) is 8.07. The highest BCUT2D eigenvalue weighted by Gasteiger charge is 2.13. The molecule has 0 bridgehead atoms. The number of carbonyl (C=O) groups excluding carboxylic acids is 1. The van der Waals surface area contributed by atoms with Gasteiger partial charge in [0.25, 0.3) is 5.91 Å². The minimum absolute atomic E-state index is 0.215. The Morgan fingerprint density at radius 1 is 1.32 bits per heavy atom. The molecule has 2 N–H and O–H groups in total. The van der Waals surface area contributed by atoms with Gasteiger partial charge in [-0.2, -0.15) is 0 Å². The van der Waals surface area contributed by atoms with Crippen molar-refractivity contribution in [2.75, 3.05) is 12.8 Å². The third kappa shape index (κ3) is 3.42. The smallest absolute Gasteiger partial charge is 0.274 e. The molecular weight excluding hydrogens is 264 g/mol. The van der Waals surface area contributed by atoms with Gasteiger partial charge in [0.2, 0.25) is 0 Å². The van der Waals surface area contributed by atoms with Gasteiger partial charge in [-0.05, 0) is 29.8 Å². The summed E-state index contributed by atoms with van der Waals surface area (Å²) in [5.41, 5.74) is 6.64. The molecule has 1 aromatic carbocycles. The summed E-state index contributed by atoms with van der Waals surface area (Å²) in [6.07, 6.45) is 0. The summed E-state index contributed by atoms with van der Waals surface area (Å²) in [7, 11) is 1.70. The third-order valence-corrected chi connectivity index (χ3v) is 2.79. The molecule has 0 aliphatic rings. The number of carbonyl (C=O) groups is 1. The van der Waals surface area contributed by atoms with Crippen LogP contribution in [0.5, 0.6) is 0 Å². The molecule has 1 aromatic heterocycles. The minimum Gasteiger partial charge on any atom is -0.382 e. The highest BCUT2D eigenvalue weighted by molar-refractivity contribution is 6.30. The number of benzene rings is 1. The molecule has 2 aromatic rings. The van der Waals surface area contributed by atoms with Crippen molar-refractivity contribution >= 4 is 23.3 Å². The molecule has 19 heavy (non-hydrogen) atoms. The molecule has 98 valence electrons. The standard InChI is InChI=1S/C13H13ClN4O/c1-18(8-9-3-2-4-10(14)7-9)13(19)11-5-6-12(15)17-16-11/h2-7H,8H2,1H3,(H2,15,17). The van der Waals surface area contributed by atoms with Crippen molar-refractivity contribution < 1.29 is 4.79 Å². The van der Waals surface area contributed by atoms with Gasteiger partial charge in [-0.25, -0.2) is 0 Å². The van der Waals surface area contributed by atoms with Crippen LogP contribution in [0.2, 0.25) is 5.02 Å². The van der Waals surface area contributed by atoms with E-state index in [1.54, 1.807) is 30.1 Å². The summed E-state index contributed by atoms with van der Waals surface area (Å²) in [4.78, 5) is 13.6. The van der Waals surface area contributed by atoms with Crippen LogP contribution in [-0.4, -0.2) is 28.1 Å². The second-order valence-corrected chi connectivity index (χ2v) is 4.57. The average molecular weight is 277 g/mol. The maximum Gasteiger partial charge on any atom is 0.274 e. The van der Waals surface area contributed by atoms with Gasteiger partial charge in [0.1, 0.15) is 5.82 Å². The maximum atomic E-state index is 12.1. The minimum atomic E-state index is -0.215. The number of nitrogen functional groups attached to an aromatic ring is 1. The van der Waals surface area contributed by atoms with Crippen molar-refractivity contribution in [1.29, 1.82) is 0 Å². The van der Waals surface area contributed by atoms with Crippen molar-refractivity contribution in [2.45, 2.75) is 6.54 Å². The summed E-state index contributed by atoms with van der Waals surface area (Å²) in [6.45, 7) is 0.450. The highest BCUT2D eigenvalue weighted by atomic mass is 35.5. The van der Waals surface area contributed by atoms with Crippen molar-refractivity contribution in [3.05, 3.63) is 52.7 Å². The molecule has 0 aliphatic carbocycles. The predicted octanol–water partition coefficient (Wildman–Crippen LogP) is 1.98. The first-order valence-corrected chi connectivity index (χ1v) is 6.03. The van der Waals surface area contributed by atoms with Crippen LogP contribution in [-0.2, 0) is 6.54 Å². The summed E-state index contributed by atoms with van der Waals surface area (Å²) < 4.78 is 0. The van der Waals surface area contributed by atoms with Crippen LogP contribution in [0, 0.1) is 0 Å². The molecule has 6 heteroatoms. The Morgan fingerprint density at radius 2 is 2.11 bits per heavy atom. The van der Waals surface area contributed by atoms with Gasteiger partial charge in [-0.3, -0.25) is 4.79 Å². The molecule has 0 fully saturated rings. The van der Waals surface area contributed by atoms with Crippen LogP contribution in [0.4, 0.5) is 5.82 Å². The lowest BCUT2D eigenvalue weighted by molar-refractivity contribution is 0.0778. The summed E-state index contributed by atoms with van der Waals surface area (Å²) >= 11 is 5.90. The predicted molar refractivity (Wildman–Crippen MR) is 73.7 cm³/mol. The summed E-state index contributed by atoms with van der Waals surface area (Å²) in [6, 6.07) is 10.5. The first kappa shape index (κ1) is 13.3. The number of hydrogen-bond donors (Lipinski definition) is 1. The molecule has 5 nitrogen and oxygen atoms in total. The van der Waals surface area contributed by atoms with E-state index in [4.69, 9.17) is 17.3 Å². The van der Waals surface area contributed by atoms with E-state index < -0.39 is 0 Å². The van der Waals surface area contributed by atoms with E-state index in [-0.39, 0.29) is 17.4 Å². The zero-order valence-electron chi connectivity index (χ0n) is 10.4. The van der Waals surface area contributed by atoms with E-state index in [0.29, 0.717) is 11.6 Å². The number of anilines is 1. The van der Waals surface area contributed by atoms with Gasteiger partial charge in [-0.1, -0.05) is 23.7 Å².